The molecule has 3 atom stereocenters. The third kappa shape index (κ3) is 3.63. The van der Waals surface area contributed by atoms with Crippen LogP contribution in [0.3, 0.4) is 0 Å². The van der Waals surface area contributed by atoms with Gasteiger partial charge >= 0.3 is 0 Å². The summed E-state index contributed by atoms with van der Waals surface area (Å²) in [5.41, 5.74) is 3.63. The minimum absolute atomic E-state index is 0.0372. The Morgan fingerprint density at radius 3 is 2.79 bits per heavy atom. The highest BCUT2D eigenvalue weighted by Gasteiger charge is 2.32. The molecule has 0 spiro atoms. The number of ether oxygens (including phenoxy) is 1. The van der Waals surface area contributed by atoms with Gasteiger partial charge in [0.15, 0.2) is 5.82 Å². The zero-order valence-electron chi connectivity index (χ0n) is 14.7. The van der Waals surface area contributed by atoms with Crippen LogP contribution in [0.25, 0.3) is 0 Å². The van der Waals surface area contributed by atoms with Crippen molar-refractivity contribution in [2.45, 2.75) is 46.3 Å². The van der Waals surface area contributed by atoms with E-state index in [1.54, 1.807) is 0 Å². The summed E-state index contributed by atoms with van der Waals surface area (Å²) in [6.07, 6.45) is 0.975. The Balaban J connectivity index is 1.65. The molecule has 1 saturated heterocycles. The SMILES string of the molecule is Cc1nc([C@H]2OCC[C@H]2CNC(C)c2cc(C)c(C)cc2Cl)n[nH]1. The van der Waals surface area contributed by atoms with Crippen LogP contribution in [0.4, 0.5) is 0 Å². The molecule has 1 aliphatic rings. The first-order chi connectivity index (χ1) is 11.5. The van der Waals surface area contributed by atoms with E-state index in [-0.39, 0.29) is 12.1 Å². The molecule has 0 saturated carbocycles. The zero-order valence-corrected chi connectivity index (χ0v) is 15.4. The Morgan fingerprint density at radius 2 is 2.08 bits per heavy atom. The molecule has 1 aromatic carbocycles. The summed E-state index contributed by atoms with van der Waals surface area (Å²) in [5, 5.41) is 11.6. The molecule has 5 nitrogen and oxygen atoms in total. The van der Waals surface area contributed by atoms with Gasteiger partial charge in [0.2, 0.25) is 0 Å². The lowest BCUT2D eigenvalue weighted by Gasteiger charge is -2.21. The van der Waals surface area contributed by atoms with Crippen molar-refractivity contribution in [3.63, 3.8) is 0 Å². The lowest BCUT2D eigenvalue weighted by atomic mass is 9.98. The highest BCUT2D eigenvalue weighted by Crippen LogP contribution is 2.33. The fourth-order valence-electron chi connectivity index (χ4n) is 3.19. The average Bonchev–Trinajstić information content (AvgIpc) is 3.16. The number of halogens is 1. The second-order valence-corrected chi connectivity index (χ2v) is 7.11. The standard InChI is InChI=1S/C18H25ClN4O/c1-10-7-15(16(19)8-11(10)2)12(3)20-9-14-5-6-24-17(14)18-21-13(4)22-23-18/h7-8,12,14,17,20H,5-6,9H2,1-4H3,(H,21,22,23)/t12?,14-,17-/m0/s1. The zero-order chi connectivity index (χ0) is 17.3. The molecule has 2 N–H and O–H groups in total. The van der Waals surface area contributed by atoms with E-state index >= 15 is 0 Å². The Labute approximate surface area is 148 Å². The molecule has 2 aromatic rings. The minimum Gasteiger partial charge on any atom is -0.370 e. The Kier molecular flexibility index (Phi) is 5.23. The maximum absolute atomic E-state index is 6.43. The van der Waals surface area contributed by atoms with Gasteiger partial charge in [-0.2, -0.15) is 5.10 Å². The fraction of sp³-hybridized carbons (Fsp3) is 0.556. The van der Waals surface area contributed by atoms with E-state index in [1.807, 2.05) is 13.0 Å². The van der Waals surface area contributed by atoms with Crippen molar-refractivity contribution in [3.8, 4) is 0 Å². The fourth-order valence-corrected chi connectivity index (χ4v) is 3.57. The van der Waals surface area contributed by atoms with Crippen molar-refractivity contribution in [3.05, 3.63) is 45.5 Å². The number of rotatable bonds is 5. The molecule has 0 bridgehead atoms. The topological polar surface area (TPSA) is 62.8 Å². The first kappa shape index (κ1) is 17.4. The molecule has 1 unspecified atom stereocenters. The molecule has 1 aliphatic heterocycles. The van der Waals surface area contributed by atoms with Crippen LogP contribution < -0.4 is 5.32 Å². The number of hydrogen-bond donors (Lipinski definition) is 2. The van der Waals surface area contributed by atoms with Gasteiger partial charge in [0.1, 0.15) is 11.9 Å². The average molecular weight is 349 g/mol. The number of hydrogen-bond acceptors (Lipinski definition) is 4. The van der Waals surface area contributed by atoms with E-state index in [0.29, 0.717) is 5.92 Å². The first-order valence-electron chi connectivity index (χ1n) is 8.46. The van der Waals surface area contributed by atoms with Crippen molar-refractivity contribution in [2.24, 2.45) is 5.92 Å². The monoisotopic (exact) mass is 348 g/mol. The molecule has 0 amide bonds. The van der Waals surface area contributed by atoms with Gasteiger partial charge in [-0.15, -0.1) is 0 Å². The van der Waals surface area contributed by atoms with E-state index in [9.17, 15) is 0 Å². The summed E-state index contributed by atoms with van der Waals surface area (Å²) in [6, 6.07) is 4.41. The van der Waals surface area contributed by atoms with Crippen LogP contribution in [0.2, 0.25) is 5.02 Å². The largest absolute Gasteiger partial charge is 0.370 e. The maximum Gasteiger partial charge on any atom is 0.179 e. The van der Waals surface area contributed by atoms with E-state index in [2.05, 4.69) is 47.3 Å². The van der Waals surface area contributed by atoms with E-state index in [4.69, 9.17) is 16.3 Å². The molecular weight excluding hydrogens is 324 g/mol. The van der Waals surface area contributed by atoms with Gasteiger partial charge in [-0.1, -0.05) is 17.7 Å². The first-order valence-corrected chi connectivity index (χ1v) is 8.84. The molecule has 130 valence electrons. The van der Waals surface area contributed by atoms with Crippen LogP contribution in [-0.4, -0.2) is 28.3 Å². The summed E-state index contributed by atoms with van der Waals surface area (Å²) < 4.78 is 5.85. The summed E-state index contributed by atoms with van der Waals surface area (Å²) in [4.78, 5) is 4.42. The molecule has 2 heterocycles. The highest BCUT2D eigenvalue weighted by molar-refractivity contribution is 6.31. The second-order valence-electron chi connectivity index (χ2n) is 6.71. The van der Waals surface area contributed by atoms with Gasteiger partial charge < -0.3 is 10.1 Å². The molecule has 0 radical (unpaired) electrons. The van der Waals surface area contributed by atoms with E-state index in [0.717, 1.165) is 41.8 Å². The van der Waals surface area contributed by atoms with Crippen LogP contribution in [0.1, 0.15) is 53.8 Å². The molecular formula is C18H25ClN4O. The predicted molar refractivity (Wildman–Crippen MR) is 95.3 cm³/mol. The summed E-state index contributed by atoms with van der Waals surface area (Å²) >= 11 is 6.43. The van der Waals surface area contributed by atoms with Gasteiger partial charge in [-0.25, -0.2) is 4.98 Å². The lowest BCUT2D eigenvalue weighted by molar-refractivity contribution is 0.0830. The van der Waals surface area contributed by atoms with Gasteiger partial charge in [0, 0.05) is 30.1 Å². The molecule has 24 heavy (non-hydrogen) atoms. The number of nitrogens with one attached hydrogen (secondary N) is 2. The quantitative estimate of drug-likeness (QED) is 0.862. The van der Waals surface area contributed by atoms with Gasteiger partial charge in [-0.05, 0) is 56.9 Å². The Hall–Kier alpha value is -1.43. The summed E-state index contributed by atoms with van der Waals surface area (Å²) in [6.45, 7) is 9.86. The number of aromatic nitrogens is 3. The lowest BCUT2D eigenvalue weighted by Crippen LogP contribution is -2.28. The number of nitrogens with zero attached hydrogens (tertiary/aromatic N) is 2. The highest BCUT2D eigenvalue weighted by atomic mass is 35.5. The summed E-state index contributed by atoms with van der Waals surface area (Å²) in [5.74, 6) is 1.95. The van der Waals surface area contributed by atoms with Crippen LogP contribution in [0.5, 0.6) is 0 Å². The smallest absolute Gasteiger partial charge is 0.179 e. The summed E-state index contributed by atoms with van der Waals surface area (Å²) in [7, 11) is 0. The predicted octanol–water partition coefficient (Wildman–Crippen LogP) is 3.81. The Bertz CT molecular complexity index is 715. The van der Waals surface area contributed by atoms with Crippen LogP contribution in [-0.2, 0) is 4.74 Å². The maximum atomic E-state index is 6.43. The van der Waals surface area contributed by atoms with E-state index < -0.39 is 0 Å². The van der Waals surface area contributed by atoms with Crippen molar-refractivity contribution < 1.29 is 4.74 Å². The number of benzene rings is 1. The van der Waals surface area contributed by atoms with Gasteiger partial charge in [0.05, 0.1) is 0 Å². The van der Waals surface area contributed by atoms with Crippen molar-refractivity contribution >= 4 is 11.6 Å². The molecule has 3 rings (SSSR count). The van der Waals surface area contributed by atoms with Crippen molar-refractivity contribution in [1.82, 2.24) is 20.5 Å². The Morgan fingerprint density at radius 1 is 1.33 bits per heavy atom. The third-order valence-corrected chi connectivity index (χ3v) is 5.18. The van der Waals surface area contributed by atoms with Gasteiger partial charge in [0.25, 0.3) is 0 Å². The van der Waals surface area contributed by atoms with Crippen molar-refractivity contribution in [1.29, 1.82) is 0 Å². The second kappa shape index (κ2) is 7.21. The van der Waals surface area contributed by atoms with Gasteiger partial charge in [-0.3, -0.25) is 5.10 Å². The van der Waals surface area contributed by atoms with Crippen LogP contribution >= 0.6 is 11.6 Å². The number of aryl methyl sites for hydroxylation is 3. The molecule has 6 heteroatoms. The van der Waals surface area contributed by atoms with Crippen molar-refractivity contribution in [2.75, 3.05) is 13.2 Å². The third-order valence-electron chi connectivity index (χ3n) is 4.85. The number of aromatic amines is 1. The minimum atomic E-state index is -0.0372. The van der Waals surface area contributed by atoms with E-state index in [1.165, 1.54) is 11.1 Å². The molecule has 1 fully saturated rings. The number of H-pyrrole nitrogens is 1. The normalized spacial score (nSPS) is 22.0. The van der Waals surface area contributed by atoms with Crippen LogP contribution in [0, 0.1) is 26.7 Å². The van der Waals surface area contributed by atoms with Crippen LogP contribution in [0.15, 0.2) is 12.1 Å². The molecule has 1 aromatic heterocycles. The molecule has 0 aliphatic carbocycles.